The van der Waals surface area contributed by atoms with E-state index in [1.54, 1.807) is 6.20 Å². The Kier molecular flexibility index (Phi) is 3.19. The fraction of sp³-hybridized carbons (Fsp3) is 0.500. The second-order valence-corrected chi connectivity index (χ2v) is 7.16. The van der Waals surface area contributed by atoms with E-state index in [2.05, 4.69) is 45.2 Å². The zero-order chi connectivity index (χ0) is 16.1. The van der Waals surface area contributed by atoms with Crippen molar-refractivity contribution >= 4 is 5.91 Å². The van der Waals surface area contributed by atoms with Gasteiger partial charge < -0.3 is 10.6 Å². The molecule has 2 N–H and O–H groups in total. The molecule has 1 aromatic carbocycles. The molecule has 2 heterocycles. The summed E-state index contributed by atoms with van der Waals surface area (Å²) >= 11 is 0. The third kappa shape index (κ3) is 2.24. The Hall–Kier alpha value is -2.21. The maximum absolute atomic E-state index is 12.5. The van der Waals surface area contributed by atoms with Crippen LogP contribution < -0.4 is 10.6 Å². The highest BCUT2D eigenvalue weighted by molar-refractivity contribution is 5.92. The molecule has 1 aliphatic heterocycles. The number of rotatable bonds is 3. The second kappa shape index (κ2) is 5.41. The molecule has 5 rings (SSSR count). The van der Waals surface area contributed by atoms with Gasteiger partial charge in [0.05, 0.1) is 12.2 Å². The average Bonchev–Trinajstić information content (AvgIpc) is 3.02. The van der Waals surface area contributed by atoms with Gasteiger partial charge in [0, 0.05) is 12.0 Å². The summed E-state index contributed by atoms with van der Waals surface area (Å²) in [6, 6.07) is 9.19. The lowest BCUT2D eigenvalue weighted by Crippen LogP contribution is -2.30. The van der Waals surface area contributed by atoms with Gasteiger partial charge in [0.1, 0.15) is 0 Å². The molecule has 1 aromatic heterocycles. The molecular weight excluding hydrogens is 302 g/mol. The molecule has 0 bridgehead atoms. The number of hydrogen-bond donors (Lipinski definition) is 2. The number of nitrogens with one attached hydrogen (secondary N) is 2. The zero-order valence-corrected chi connectivity index (χ0v) is 13.5. The van der Waals surface area contributed by atoms with Crippen LogP contribution in [0.5, 0.6) is 0 Å². The van der Waals surface area contributed by atoms with E-state index in [1.807, 2.05) is 4.68 Å². The smallest absolute Gasteiger partial charge is 0.273 e. The van der Waals surface area contributed by atoms with E-state index < -0.39 is 0 Å². The average molecular weight is 323 g/mol. The molecule has 6 heteroatoms. The Morgan fingerprint density at radius 1 is 1.25 bits per heavy atom. The molecule has 0 radical (unpaired) electrons. The molecular formula is C18H21N5O. The van der Waals surface area contributed by atoms with E-state index in [0.717, 1.165) is 32.4 Å². The molecule has 2 aliphatic carbocycles. The number of hydrogen-bond acceptors (Lipinski definition) is 4. The second-order valence-electron chi connectivity index (χ2n) is 7.16. The summed E-state index contributed by atoms with van der Waals surface area (Å²) in [7, 11) is 0. The Labute approximate surface area is 140 Å². The third-order valence-corrected chi connectivity index (χ3v) is 5.76. The van der Waals surface area contributed by atoms with Crippen LogP contribution in [0.15, 0.2) is 30.5 Å². The van der Waals surface area contributed by atoms with Crippen molar-refractivity contribution in [1.82, 2.24) is 25.6 Å². The molecule has 1 saturated carbocycles. The van der Waals surface area contributed by atoms with Crippen LogP contribution >= 0.6 is 0 Å². The maximum atomic E-state index is 12.5. The predicted molar refractivity (Wildman–Crippen MR) is 88.8 cm³/mol. The number of fused-ring (bicyclic) bond motifs is 3. The molecule has 24 heavy (non-hydrogen) atoms. The molecule has 3 atom stereocenters. The number of carbonyl (C=O) groups excluding carboxylic acids is 1. The monoisotopic (exact) mass is 323 g/mol. The van der Waals surface area contributed by atoms with Crippen LogP contribution in [0, 0.1) is 5.92 Å². The minimum atomic E-state index is -0.0907. The highest BCUT2D eigenvalue weighted by atomic mass is 16.2. The zero-order valence-electron chi connectivity index (χ0n) is 13.5. The number of carbonyl (C=O) groups is 1. The fourth-order valence-corrected chi connectivity index (χ4v) is 4.40. The van der Waals surface area contributed by atoms with E-state index >= 15 is 0 Å². The SMILES string of the molecule is O=C(NC1C2Cc3ccccc3C21)c1cn(C2CCNCC2)nn1. The van der Waals surface area contributed by atoms with Gasteiger partial charge in [-0.2, -0.15) is 0 Å². The quantitative estimate of drug-likeness (QED) is 0.892. The molecule has 1 amide bonds. The van der Waals surface area contributed by atoms with Crippen molar-refractivity contribution in [2.45, 2.75) is 37.3 Å². The summed E-state index contributed by atoms with van der Waals surface area (Å²) in [6.45, 7) is 1.99. The highest BCUT2D eigenvalue weighted by Gasteiger charge is 2.56. The molecule has 1 saturated heterocycles. The van der Waals surface area contributed by atoms with Crippen molar-refractivity contribution in [3.8, 4) is 0 Å². The summed E-state index contributed by atoms with van der Waals surface area (Å²) in [5.41, 5.74) is 3.29. The van der Waals surface area contributed by atoms with Crippen LogP contribution in [-0.2, 0) is 6.42 Å². The first-order chi connectivity index (χ1) is 11.8. The van der Waals surface area contributed by atoms with Crippen molar-refractivity contribution in [3.05, 3.63) is 47.3 Å². The molecule has 0 spiro atoms. The summed E-state index contributed by atoms with van der Waals surface area (Å²) in [4.78, 5) is 12.5. The molecule has 2 fully saturated rings. The minimum absolute atomic E-state index is 0.0907. The minimum Gasteiger partial charge on any atom is -0.347 e. The number of aromatic nitrogens is 3. The van der Waals surface area contributed by atoms with E-state index in [-0.39, 0.29) is 11.9 Å². The van der Waals surface area contributed by atoms with Gasteiger partial charge >= 0.3 is 0 Å². The van der Waals surface area contributed by atoms with E-state index in [9.17, 15) is 4.79 Å². The lowest BCUT2D eigenvalue weighted by Gasteiger charge is -2.22. The molecule has 3 aliphatic rings. The number of piperidine rings is 1. The summed E-state index contributed by atoms with van der Waals surface area (Å²) in [6.07, 6.45) is 4.95. The Bertz CT molecular complexity index is 779. The van der Waals surface area contributed by atoms with Gasteiger partial charge in [0.2, 0.25) is 0 Å². The topological polar surface area (TPSA) is 71.8 Å². The number of benzene rings is 1. The Balaban J connectivity index is 1.25. The van der Waals surface area contributed by atoms with Crippen LogP contribution in [0.3, 0.4) is 0 Å². The van der Waals surface area contributed by atoms with Gasteiger partial charge in [0.25, 0.3) is 5.91 Å². The van der Waals surface area contributed by atoms with Crippen LogP contribution in [-0.4, -0.2) is 40.0 Å². The lowest BCUT2D eigenvalue weighted by molar-refractivity contribution is 0.0943. The standard InChI is InChI=1S/C18H21N5O/c24-18(15-10-23(22-21-15)12-5-7-19-8-6-12)20-17-14-9-11-3-1-2-4-13(11)16(14)17/h1-4,10,12,14,16-17,19H,5-9H2,(H,20,24). The first-order valence-corrected chi connectivity index (χ1v) is 8.82. The van der Waals surface area contributed by atoms with Gasteiger partial charge in [0.15, 0.2) is 5.69 Å². The number of amides is 1. The van der Waals surface area contributed by atoms with Crippen molar-refractivity contribution in [2.24, 2.45) is 5.92 Å². The van der Waals surface area contributed by atoms with Crippen LogP contribution in [0.1, 0.15) is 46.4 Å². The summed E-state index contributed by atoms with van der Waals surface area (Å²) < 4.78 is 1.86. The van der Waals surface area contributed by atoms with Gasteiger partial charge in [-0.25, -0.2) is 4.68 Å². The highest BCUT2D eigenvalue weighted by Crippen LogP contribution is 2.56. The van der Waals surface area contributed by atoms with Gasteiger partial charge in [-0.3, -0.25) is 4.79 Å². The summed E-state index contributed by atoms with van der Waals surface area (Å²) in [5.74, 6) is 0.961. The van der Waals surface area contributed by atoms with E-state index in [0.29, 0.717) is 23.6 Å². The maximum Gasteiger partial charge on any atom is 0.273 e. The van der Waals surface area contributed by atoms with Crippen LogP contribution in [0.2, 0.25) is 0 Å². The van der Waals surface area contributed by atoms with Crippen molar-refractivity contribution in [1.29, 1.82) is 0 Å². The Morgan fingerprint density at radius 2 is 2.08 bits per heavy atom. The first-order valence-electron chi connectivity index (χ1n) is 8.82. The molecule has 3 unspecified atom stereocenters. The number of nitrogens with zero attached hydrogens (tertiary/aromatic N) is 3. The fourth-order valence-electron chi connectivity index (χ4n) is 4.40. The van der Waals surface area contributed by atoms with Gasteiger partial charge in [-0.05, 0) is 49.4 Å². The first kappa shape index (κ1) is 14.2. The van der Waals surface area contributed by atoms with E-state index in [4.69, 9.17) is 0 Å². The van der Waals surface area contributed by atoms with Crippen LogP contribution in [0.4, 0.5) is 0 Å². The summed E-state index contributed by atoms with van der Waals surface area (Å²) in [5, 5.41) is 14.8. The van der Waals surface area contributed by atoms with E-state index in [1.165, 1.54) is 11.1 Å². The van der Waals surface area contributed by atoms with Crippen LogP contribution in [0.25, 0.3) is 0 Å². The van der Waals surface area contributed by atoms with Gasteiger partial charge in [-0.15, -0.1) is 5.10 Å². The lowest BCUT2D eigenvalue weighted by atomic mass is 10.1. The van der Waals surface area contributed by atoms with Gasteiger partial charge in [-0.1, -0.05) is 29.5 Å². The molecule has 2 aromatic rings. The molecule has 124 valence electrons. The predicted octanol–water partition coefficient (Wildman–Crippen LogP) is 1.27. The van der Waals surface area contributed by atoms with Crippen molar-refractivity contribution in [3.63, 3.8) is 0 Å². The van der Waals surface area contributed by atoms with Crippen molar-refractivity contribution < 1.29 is 4.79 Å². The normalized spacial score (nSPS) is 28.2. The Morgan fingerprint density at radius 3 is 2.96 bits per heavy atom. The third-order valence-electron chi connectivity index (χ3n) is 5.76. The van der Waals surface area contributed by atoms with Crippen molar-refractivity contribution in [2.75, 3.05) is 13.1 Å². The largest absolute Gasteiger partial charge is 0.347 e. The molecule has 6 nitrogen and oxygen atoms in total.